The van der Waals surface area contributed by atoms with Gasteiger partial charge in [-0.3, -0.25) is 4.79 Å². The first-order valence-corrected chi connectivity index (χ1v) is 4.84. The molecule has 4 nitrogen and oxygen atoms in total. The molecular formula is C12H15NO3. The van der Waals surface area contributed by atoms with Crippen LogP contribution in [0.15, 0.2) is 30.9 Å². The molecule has 0 atom stereocenters. The summed E-state index contributed by atoms with van der Waals surface area (Å²) in [5.41, 5.74) is 0.448. The van der Waals surface area contributed by atoms with Crippen LogP contribution in [-0.4, -0.2) is 26.7 Å². The van der Waals surface area contributed by atoms with Crippen LogP contribution >= 0.6 is 0 Å². The third-order valence-electron chi connectivity index (χ3n) is 2.05. The quantitative estimate of drug-likeness (QED) is 0.768. The van der Waals surface area contributed by atoms with E-state index in [-0.39, 0.29) is 5.91 Å². The van der Waals surface area contributed by atoms with Gasteiger partial charge in [-0.1, -0.05) is 12.1 Å². The van der Waals surface area contributed by atoms with Crippen molar-refractivity contribution in [3.63, 3.8) is 0 Å². The van der Waals surface area contributed by atoms with Gasteiger partial charge in [0.1, 0.15) is 0 Å². The van der Waals surface area contributed by atoms with E-state index >= 15 is 0 Å². The molecule has 86 valence electrons. The third-order valence-corrected chi connectivity index (χ3v) is 2.05. The van der Waals surface area contributed by atoms with Gasteiger partial charge in [0.05, 0.1) is 19.8 Å². The lowest BCUT2D eigenvalue weighted by Gasteiger charge is -2.11. The van der Waals surface area contributed by atoms with Crippen LogP contribution in [0.1, 0.15) is 10.4 Å². The summed E-state index contributed by atoms with van der Waals surface area (Å²) in [5, 5.41) is 2.68. The molecule has 0 unspecified atom stereocenters. The van der Waals surface area contributed by atoms with E-state index in [4.69, 9.17) is 9.47 Å². The Kier molecular flexibility index (Phi) is 4.39. The summed E-state index contributed by atoms with van der Waals surface area (Å²) in [4.78, 5) is 11.8. The largest absolute Gasteiger partial charge is 0.493 e. The standard InChI is InChI=1S/C12H15NO3/c1-4-8-13-12(14)9-6-5-7-10(15-2)11(9)16-3/h4-7H,1,8H2,2-3H3,(H,13,14). The number of benzene rings is 1. The van der Waals surface area contributed by atoms with Crippen molar-refractivity contribution in [2.75, 3.05) is 20.8 Å². The molecule has 1 amide bonds. The Hall–Kier alpha value is -1.97. The Morgan fingerprint density at radius 3 is 2.75 bits per heavy atom. The summed E-state index contributed by atoms with van der Waals surface area (Å²) in [7, 11) is 3.03. The number of carbonyl (C=O) groups is 1. The Morgan fingerprint density at radius 1 is 1.44 bits per heavy atom. The number of hydrogen-bond acceptors (Lipinski definition) is 3. The van der Waals surface area contributed by atoms with Crippen LogP contribution in [0.25, 0.3) is 0 Å². The maximum atomic E-state index is 11.8. The molecular weight excluding hydrogens is 206 g/mol. The molecule has 0 heterocycles. The molecule has 1 aromatic carbocycles. The van der Waals surface area contributed by atoms with Gasteiger partial charge in [-0.15, -0.1) is 6.58 Å². The van der Waals surface area contributed by atoms with Crippen molar-refractivity contribution >= 4 is 5.91 Å². The van der Waals surface area contributed by atoms with Gasteiger partial charge in [0.25, 0.3) is 5.91 Å². The monoisotopic (exact) mass is 221 g/mol. The molecule has 1 rings (SSSR count). The molecule has 16 heavy (non-hydrogen) atoms. The second-order valence-electron chi connectivity index (χ2n) is 3.04. The summed E-state index contributed by atoms with van der Waals surface area (Å²) >= 11 is 0. The Labute approximate surface area is 94.9 Å². The van der Waals surface area contributed by atoms with E-state index in [1.54, 1.807) is 24.3 Å². The van der Waals surface area contributed by atoms with Crippen molar-refractivity contribution in [2.45, 2.75) is 0 Å². The summed E-state index contributed by atoms with van der Waals surface area (Å²) < 4.78 is 10.3. The molecule has 0 radical (unpaired) electrons. The number of carbonyl (C=O) groups excluding carboxylic acids is 1. The van der Waals surface area contributed by atoms with E-state index in [0.29, 0.717) is 23.6 Å². The third kappa shape index (κ3) is 2.53. The van der Waals surface area contributed by atoms with Gasteiger partial charge < -0.3 is 14.8 Å². The van der Waals surface area contributed by atoms with Gasteiger partial charge >= 0.3 is 0 Å². The minimum atomic E-state index is -0.212. The summed E-state index contributed by atoms with van der Waals surface area (Å²) in [6.45, 7) is 3.95. The molecule has 1 aromatic rings. The highest BCUT2D eigenvalue weighted by Crippen LogP contribution is 2.30. The maximum absolute atomic E-state index is 11.8. The normalized spacial score (nSPS) is 9.38. The lowest BCUT2D eigenvalue weighted by Crippen LogP contribution is -2.23. The number of methoxy groups -OCH3 is 2. The molecule has 0 aromatic heterocycles. The Balaban J connectivity index is 3.02. The number of amides is 1. The van der Waals surface area contributed by atoms with E-state index in [1.807, 2.05) is 0 Å². The van der Waals surface area contributed by atoms with Gasteiger partial charge in [-0.25, -0.2) is 0 Å². The van der Waals surface area contributed by atoms with Gasteiger partial charge in [0, 0.05) is 6.54 Å². The predicted molar refractivity (Wildman–Crippen MR) is 62.1 cm³/mol. The van der Waals surface area contributed by atoms with Crippen LogP contribution in [0.2, 0.25) is 0 Å². The summed E-state index contributed by atoms with van der Waals surface area (Å²) in [6, 6.07) is 5.16. The molecule has 4 heteroatoms. The number of ether oxygens (including phenoxy) is 2. The highest BCUT2D eigenvalue weighted by atomic mass is 16.5. The van der Waals surface area contributed by atoms with Crippen LogP contribution in [0, 0.1) is 0 Å². The number of hydrogen-bond donors (Lipinski definition) is 1. The van der Waals surface area contributed by atoms with Crippen LogP contribution in [0.5, 0.6) is 11.5 Å². The van der Waals surface area contributed by atoms with E-state index < -0.39 is 0 Å². The summed E-state index contributed by atoms with van der Waals surface area (Å²) in [5.74, 6) is 0.760. The second-order valence-corrected chi connectivity index (χ2v) is 3.04. The first-order valence-electron chi connectivity index (χ1n) is 4.84. The average molecular weight is 221 g/mol. The molecule has 0 aliphatic rings. The van der Waals surface area contributed by atoms with E-state index in [2.05, 4.69) is 11.9 Å². The molecule has 0 spiro atoms. The first kappa shape index (κ1) is 12.1. The van der Waals surface area contributed by atoms with Crippen molar-refractivity contribution in [1.29, 1.82) is 0 Å². The highest BCUT2D eigenvalue weighted by molar-refractivity contribution is 5.97. The van der Waals surface area contributed by atoms with Crippen molar-refractivity contribution in [3.8, 4) is 11.5 Å². The van der Waals surface area contributed by atoms with Crippen molar-refractivity contribution < 1.29 is 14.3 Å². The average Bonchev–Trinajstić information content (AvgIpc) is 2.34. The van der Waals surface area contributed by atoms with Crippen LogP contribution in [0.3, 0.4) is 0 Å². The number of para-hydroxylation sites is 1. The number of rotatable bonds is 5. The molecule has 0 aliphatic heterocycles. The second kappa shape index (κ2) is 5.80. The molecule has 1 N–H and O–H groups in total. The van der Waals surface area contributed by atoms with Gasteiger partial charge in [-0.2, -0.15) is 0 Å². The minimum absolute atomic E-state index is 0.212. The number of nitrogens with one attached hydrogen (secondary N) is 1. The first-order chi connectivity index (χ1) is 7.74. The molecule has 0 aliphatic carbocycles. The topological polar surface area (TPSA) is 47.6 Å². The molecule has 0 saturated carbocycles. The van der Waals surface area contributed by atoms with Crippen molar-refractivity contribution in [1.82, 2.24) is 5.32 Å². The minimum Gasteiger partial charge on any atom is -0.493 e. The fraction of sp³-hybridized carbons (Fsp3) is 0.250. The van der Waals surface area contributed by atoms with Gasteiger partial charge in [-0.05, 0) is 12.1 Å². The van der Waals surface area contributed by atoms with Crippen molar-refractivity contribution in [3.05, 3.63) is 36.4 Å². The lowest BCUT2D eigenvalue weighted by atomic mass is 10.1. The van der Waals surface area contributed by atoms with E-state index in [0.717, 1.165) is 0 Å². The zero-order valence-electron chi connectivity index (χ0n) is 9.45. The van der Waals surface area contributed by atoms with Crippen LogP contribution in [0.4, 0.5) is 0 Å². The van der Waals surface area contributed by atoms with Crippen molar-refractivity contribution in [2.24, 2.45) is 0 Å². The zero-order chi connectivity index (χ0) is 12.0. The zero-order valence-corrected chi connectivity index (χ0v) is 9.45. The molecule has 0 saturated heterocycles. The van der Waals surface area contributed by atoms with Crippen LogP contribution in [-0.2, 0) is 0 Å². The fourth-order valence-electron chi connectivity index (χ4n) is 1.33. The van der Waals surface area contributed by atoms with Crippen LogP contribution < -0.4 is 14.8 Å². The van der Waals surface area contributed by atoms with Gasteiger partial charge in [0.2, 0.25) is 0 Å². The Morgan fingerprint density at radius 2 is 2.19 bits per heavy atom. The van der Waals surface area contributed by atoms with Gasteiger partial charge in [0.15, 0.2) is 11.5 Å². The van der Waals surface area contributed by atoms with E-state index in [1.165, 1.54) is 14.2 Å². The SMILES string of the molecule is C=CCNC(=O)c1cccc(OC)c1OC. The predicted octanol–water partition coefficient (Wildman–Crippen LogP) is 1.62. The maximum Gasteiger partial charge on any atom is 0.255 e. The lowest BCUT2D eigenvalue weighted by molar-refractivity contribution is 0.0954. The highest BCUT2D eigenvalue weighted by Gasteiger charge is 2.15. The fourth-order valence-corrected chi connectivity index (χ4v) is 1.33. The molecule has 0 bridgehead atoms. The Bertz CT molecular complexity index is 388. The van der Waals surface area contributed by atoms with E-state index in [9.17, 15) is 4.79 Å². The molecule has 0 fully saturated rings. The summed E-state index contributed by atoms with van der Waals surface area (Å²) in [6.07, 6.45) is 1.62. The smallest absolute Gasteiger partial charge is 0.255 e.